The van der Waals surface area contributed by atoms with Crippen LogP contribution in [0.2, 0.25) is 0 Å². The van der Waals surface area contributed by atoms with Crippen LogP contribution in [0.4, 0.5) is 0 Å². The van der Waals surface area contributed by atoms with E-state index in [9.17, 15) is 4.79 Å². The van der Waals surface area contributed by atoms with Gasteiger partial charge >= 0.3 is 0 Å². The van der Waals surface area contributed by atoms with Gasteiger partial charge in [-0.15, -0.1) is 0 Å². The van der Waals surface area contributed by atoms with Crippen LogP contribution in [0, 0.1) is 0 Å². The average Bonchev–Trinajstić information content (AvgIpc) is 2.88. The lowest BCUT2D eigenvalue weighted by Crippen LogP contribution is -2.30. The molecule has 0 atom stereocenters. The summed E-state index contributed by atoms with van der Waals surface area (Å²) in [7, 11) is 0. The van der Waals surface area contributed by atoms with Crippen molar-refractivity contribution in [1.29, 1.82) is 0 Å². The van der Waals surface area contributed by atoms with Gasteiger partial charge < -0.3 is 9.88 Å². The van der Waals surface area contributed by atoms with Crippen LogP contribution in [0.5, 0.6) is 0 Å². The Hall–Kier alpha value is -2.55. The predicted octanol–water partition coefficient (Wildman–Crippen LogP) is 4.20. The first-order chi connectivity index (χ1) is 10.8. The van der Waals surface area contributed by atoms with Gasteiger partial charge in [0.15, 0.2) is 0 Å². The molecule has 0 aliphatic carbocycles. The Bertz CT molecular complexity index is 863. The fraction of sp³-hybridized carbons (Fsp3) is 0.211. The van der Waals surface area contributed by atoms with Gasteiger partial charge in [0.25, 0.3) is 5.91 Å². The number of aromatic nitrogens is 1. The molecule has 1 aromatic heterocycles. The maximum Gasteiger partial charge on any atom is 0.271 e. The average molecular weight is 290 g/mol. The minimum Gasteiger partial charge on any atom is -0.350 e. The zero-order chi connectivity index (χ0) is 15.1. The van der Waals surface area contributed by atoms with Gasteiger partial charge in [-0.1, -0.05) is 49.4 Å². The summed E-state index contributed by atoms with van der Waals surface area (Å²) in [5, 5.41) is 1.12. The van der Waals surface area contributed by atoms with Gasteiger partial charge in [0.2, 0.25) is 0 Å². The highest BCUT2D eigenvalue weighted by Gasteiger charge is 2.28. The van der Waals surface area contributed by atoms with E-state index in [0.29, 0.717) is 6.54 Å². The number of para-hydroxylation sites is 1. The molecule has 0 spiro atoms. The Labute approximate surface area is 129 Å². The van der Waals surface area contributed by atoms with Crippen molar-refractivity contribution in [3.63, 3.8) is 0 Å². The number of nitrogens with one attached hydrogen (secondary N) is 1. The predicted molar refractivity (Wildman–Crippen MR) is 88.8 cm³/mol. The summed E-state index contributed by atoms with van der Waals surface area (Å²) in [5.74, 6) is 0.101. The van der Waals surface area contributed by atoms with E-state index in [1.54, 1.807) is 0 Å². The number of rotatable bonds is 2. The summed E-state index contributed by atoms with van der Waals surface area (Å²) in [6, 6.07) is 16.5. The number of carbonyl (C=O) groups excluding carboxylic acids is 1. The number of hydrogen-bond acceptors (Lipinski definition) is 1. The molecular weight excluding hydrogens is 272 g/mol. The number of aromatic amines is 1. The van der Waals surface area contributed by atoms with E-state index >= 15 is 0 Å². The van der Waals surface area contributed by atoms with Crippen LogP contribution in [0.3, 0.4) is 0 Å². The summed E-state index contributed by atoms with van der Waals surface area (Å²) in [6.07, 6.45) is 0.962. The molecule has 2 heterocycles. The van der Waals surface area contributed by atoms with Gasteiger partial charge in [0, 0.05) is 29.6 Å². The van der Waals surface area contributed by atoms with Crippen molar-refractivity contribution in [3.8, 4) is 11.1 Å². The van der Waals surface area contributed by atoms with Crippen LogP contribution in [0.1, 0.15) is 29.4 Å². The molecular formula is C19H18N2O. The molecule has 110 valence electrons. The van der Waals surface area contributed by atoms with E-state index in [4.69, 9.17) is 0 Å². The third-order valence-corrected chi connectivity index (χ3v) is 4.35. The van der Waals surface area contributed by atoms with E-state index in [0.717, 1.165) is 35.1 Å². The molecule has 0 fully saturated rings. The van der Waals surface area contributed by atoms with Crippen LogP contribution < -0.4 is 0 Å². The number of amides is 1. The molecule has 3 aromatic rings. The van der Waals surface area contributed by atoms with Crippen LogP contribution in [0.15, 0.2) is 48.5 Å². The highest BCUT2D eigenvalue weighted by molar-refractivity contribution is 6.10. The summed E-state index contributed by atoms with van der Waals surface area (Å²) < 4.78 is 0. The minimum atomic E-state index is 0.101. The van der Waals surface area contributed by atoms with Crippen LogP contribution in [0.25, 0.3) is 22.0 Å². The number of H-pyrrole nitrogens is 1. The summed E-state index contributed by atoms with van der Waals surface area (Å²) in [5.41, 5.74) is 5.18. The molecule has 1 N–H and O–H groups in total. The van der Waals surface area contributed by atoms with E-state index in [-0.39, 0.29) is 5.91 Å². The Morgan fingerprint density at radius 1 is 1.09 bits per heavy atom. The molecule has 0 saturated heterocycles. The van der Waals surface area contributed by atoms with Crippen LogP contribution in [-0.2, 0) is 6.54 Å². The molecule has 0 saturated carbocycles. The van der Waals surface area contributed by atoms with Crippen LogP contribution in [-0.4, -0.2) is 22.3 Å². The Kier molecular flexibility index (Phi) is 3.00. The van der Waals surface area contributed by atoms with Gasteiger partial charge in [0.05, 0.1) is 0 Å². The first-order valence-electron chi connectivity index (χ1n) is 7.78. The fourth-order valence-electron chi connectivity index (χ4n) is 3.37. The van der Waals surface area contributed by atoms with Crippen molar-refractivity contribution in [2.24, 2.45) is 0 Å². The standard InChI is InChI=1S/C19H18N2O/c1-2-11-21-12-13-7-3-4-8-14(13)17-15-9-5-6-10-16(15)20-18(17)19(21)22/h3-10,20H,2,11-12H2,1H3. The molecule has 0 bridgehead atoms. The molecule has 3 heteroatoms. The zero-order valence-electron chi connectivity index (χ0n) is 12.6. The topological polar surface area (TPSA) is 36.1 Å². The second-order valence-electron chi connectivity index (χ2n) is 5.80. The molecule has 3 nitrogen and oxygen atoms in total. The van der Waals surface area contributed by atoms with Crippen molar-refractivity contribution in [2.75, 3.05) is 6.54 Å². The molecule has 2 aromatic carbocycles. The van der Waals surface area contributed by atoms with E-state index in [1.807, 2.05) is 35.2 Å². The number of benzene rings is 2. The van der Waals surface area contributed by atoms with E-state index in [2.05, 4.69) is 30.1 Å². The van der Waals surface area contributed by atoms with Gasteiger partial charge in [-0.3, -0.25) is 4.79 Å². The number of hydrogen-bond donors (Lipinski definition) is 1. The zero-order valence-corrected chi connectivity index (χ0v) is 12.6. The maximum absolute atomic E-state index is 13.0. The highest BCUT2D eigenvalue weighted by atomic mass is 16.2. The SMILES string of the molecule is CCCN1Cc2ccccc2-c2c([nH]c3ccccc23)C1=O. The van der Waals surface area contributed by atoms with Gasteiger partial charge in [-0.25, -0.2) is 0 Å². The van der Waals surface area contributed by atoms with Gasteiger partial charge in [-0.05, 0) is 23.6 Å². The van der Waals surface area contributed by atoms with E-state index in [1.165, 1.54) is 11.1 Å². The normalized spacial score (nSPS) is 13.9. The molecule has 0 radical (unpaired) electrons. The summed E-state index contributed by atoms with van der Waals surface area (Å²) in [4.78, 5) is 18.2. The smallest absolute Gasteiger partial charge is 0.271 e. The molecule has 4 rings (SSSR count). The Morgan fingerprint density at radius 2 is 1.86 bits per heavy atom. The Balaban J connectivity index is 2.05. The summed E-state index contributed by atoms with van der Waals surface area (Å²) >= 11 is 0. The first-order valence-corrected chi connectivity index (χ1v) is 7.78. The molecule has 1 aliphatic heterocycles. The maximum atomic E-state index is 13.0. The van der Waals surface area contributed by atoms with E-state index < -0.39 is 0 Å². The fourth-order valence-corrected chi connectivity index (χ4v) is 3.37. The second kappa shape index (κ2) is 5.02. The third kappa shape index (κ3) is 1.86. The van der Waals surface area contributed by atoms with Crippen molar-refractivity contribution in [1.82, 2.24) is 9.88 Å². The molecule has 22 heavy (non-hydrogen) atoms. The third-order valence-electron chi connectivity index (χ3n) is 4.35. The lowest BCUT2D eigenvalue weighted by Gasteiger charge is -2.20. The van der Waals surface area contributed by atoms with Crippen molar-refractivity contribution in [2.45, 2.75) is 19.9 Å². The summed E-state index contributed by atoms with van der Waals surface area (Å²) in [6.45, 7) is 3.57. The largest absolute Gasteiger partial charge is 0.350 e. The lowest BCUT2D eigenvalue weighted by atomic mass is 9.98. The molecule has 1 aliphatic rings. The van der Waals surface area contributed by atoms with Crippen molar-refractivity contribution < 1.29 is 4.79 Å². The van der Waals surface area contributed by atoms with Crippen molar-refractivity contribution >= 4 is 16.8 Å². The van der Waals surface area contributed by atoms with Crippen molar-refractivity contribution in [3.05, 3.63) is 59.8 Å². The number of carbonyl (C=O) groups is 1. The second-order valence-corrected chi connectivity index (χ2v) is 5.80. The highest BCUT2D eigenvalue weighted by Crippen LogP contribution is 2.37. The monoisotopic (exact) mass is 290 g/mol. The van der Waals surface area contributed by atoms with Gasteiger partial charge in [0.1, 0.15) is 5.69 Å². The lowest BCUT2D eigenvalue weighted by molar-refractivity contribution is 0.0742. The Morgan fingerprint density at radius 3 is 2.73 bits per heavy atom. The van der Waals surface area contributed by atoms with Gasteiger partial charge in [-0.2, -0.15) is 0 Å². The molecule has 0 unspecified atom stereocenters. The minimum absolute atomic E-state index is 0.101. The number of fused-ring (bicyclic) bond motifs is 5. The number of nitrogens with zero attached hydrogens (tertiary/aromatic N) is 1. The quantitative estimate of drug-likeness (QED) is 0.754. The first kappa shape index (κ1) is 13.1. The van der Waals surface area contributed by atoms with Crippen LogP contribution >= 0.6 is 0 Å². The molecule has 1 amide bonds.